The number of primary amides is 1. The summed E-state index contributed by atoms with van der Waals surface area (Å²) >= 11 is 0. The molecule has 2 aromatic carbocycles. The Labute approximate surface area is 181 Å². The second kappa shape index (κ2) is 8.46. The molecule has 0 aliphatic carbocycles. The molecule has 9 heteroatoms. The number of nitrogens with one attached hydrogen (secondary N) is 2. The SMILES string of the molecule is NC(=O)CCC(NC(=O)c1cc2c([nH]c3ccccc32)c(-c2ccc(F)cc2)n1)C(=O)O. The van der Waals surface area contributed by atoms with E-state index in [4.69, 9.17) is 5.73 Å². The summed E-state index contributed by atoms with van der Waals surface area (Å²) in [6.07, 6.45) is -0.330. The quantitative estimate of drug-likeness (QED) is 0.354. The number of carbonyl (C=O) groups is 3. The summed E-state index contributed by atoms with van der Waals surface area (Å²) in [6, 6.07) is 13.5. The average Bonchev–Trinajstić information content (AvgIpc) is 3.15. The standard InChI is InChI=1S/C23H19FN4O4/c24-13-7-5-12(6-8-13)20-21-15(14-3-1-2-4-16(14)26-21)11-18(27-20)22(30)28-17(23(31)32)9-10-19(25)29/h1-8,11,17,26H,9-10H2,(H2,25,29)(H,28,30)(H,31,32). The summed E-state index contributed by atoms with van der Waals surface area (Å²) in [4.78, 5) is 43.2. The van der Waals surface area contributed by atoms with Gasteiger partial charge in [-0.05, 0) is 42.8 Å². The Kier molecular flexibility index (Phi) is 5.55. The number of amides is 2. The zero-order chi connectivity index (χ0) is 22.8. The van der Waals surface area contributed by atoms with Crippen LogP contribution >= 0.6 is 0 Å². The number of benzene rings is 2. The lowest BCUT2D eigenvalue weighted by Gasteiger charge is -2.14. The van der Waals surface area contributed by atoms with E-state index in [1.807, 2.05) is 24.3 Å². The van der Waals surface area contributed by atoms with E-state index in [0.29, 0.717) is 22.2 Å². The van der Waals surface area contributed by atoms with E-state index in [-0.39, 0.29) is 18.5 Å². The molecule has 4 aromatic rings. The Hall–Kier alpha value is -4.27. The molecule has 32 heavy (non-hydrogen) atoms. The van der Waals surface area contributed by atoms with Gasteiger partial charge in [0.05, 0.1) is 11.2 Å². The lowest BCUT2D eigenvalue weighted by Crippen LogP contribution is -2.41. The topological polar surface area (TPSA) is 138 Å². The molecule has 2 amide bonds. The van der Waals surface area contributed by atoms with Crippen molar-refractivity contribution < 1.29 is 23.9 Å². The number of aliphatic carboxylic acids is 1. The number of carboxylic acid groups (broad SMARTS) is 1. The van der Waals surface area contributed by atoms with Crippen molar-refractivity contribution in [2.45, 2.75) is 18.9 Å². The van der Waals surface area contributed by atoms with Crippen molar-refractivity contribution in [3.63, 3.8) is 0 Å². The summed E-state index contributed by atoms with van der Waals surface area (Å²) in [5, 5.41) is 13.4. The fraction of sp³-hybridized carbons (Fsp3) is 0.130. The number of carboxylic acids is 1. The van der Waals surface area contributed by atoms with Gasteiger partial charge in [0.15, 0.2) is 0 Å². The van der Waals surface area contributed by atoms with Crippen LogP contribution in [0.2, 0.25) is 0 Å². The number of para-hydroxylation sites is 1. The molecule has 0 aliphatic rings. The first-order chi connectivity index (χ1) is 15.3. The van der Waals surface area contributed by atoms with Crippen LogP contribution in [0.4, 0.5) is 4.39 Å². The molecule has 2 heterocycles. The summed E-state index contributed by atoms with van der Waals surface area (Å²) in [6.45, 7) is 0. The van der Waals surface area contributed by atoms with E-state index in [2.05, 4.69) is 15.3 Å². The van der Waals surface area contributed by atoms with Crippen molar-refractivity contribution in [1.29, 1.82) is 0 Å². The maximum atomic E-state index is 13.5. The number of rotatable bonds is 7. The molecule has 0 fully saturated rings. The van der Waals surface area contributed by atoms with Crippen molar-refractivity contribution in [2.75, 3.05) is 0 Å². The first-order valence-corrected chi connectivity index (χ1v) is 9.83. The van der Waals surface area contributed by atoms with E-state index in [9.17, 15) is 23.9 Å². The zero-order valence-electron chi connectivity index (χ0n) is 16.8. The number of hydrogen-bond donors (Lipinski definition) is 4. The molecule has 0 saturated carbocycles. The minimum atomic E-state index is -1.30. The highest BCUT2D eigenvalue weighted by Gasteiger charge is 2.23. The maximum absolute atomic E-state index is 13.5. The van der Waals surface area contributed by atoms with Gasteiger partial charge in [0, 0.05) is 28.3 Å². The van der Waals surface area contributed by atoms with Crippen LogP contribution in [0, 0.1) is 5.82 Å². The molecule has 162 valence electrons. The number of aromatic nitrogens is 2. The van der Waals surface area contributed by atoms with E-state index in [0.717, 1.165) is 10.9 Å². The summed E-state index contributed by atoms with van der Waals surface area (Å²) in [7, 11) is 0. The molecule has 0 spiro atoms. The van der Waals surface area contributed by atoms with Crippen LogP contribution < -0.4 is 11.1 Å². The van der Waals surface area contributed by atoms with Gasteiger partial charge < -0.3 is 21.1 Å². The molecule has 0 bridgehead atoms. The van der Waals surface area contributed by atoms with Crippen molar-refractivity contribution in [2.24, 2.45) is 5.73 Å². The first-order valence-electron chi connectivity index (χ1n) is 9.83. The number of H-pyrrole nitrogens is 1. The normalized spacial score (nSPS) is 12.0. The Morgan fingerprint density at radius 2 is 1.81 bits per heavy atom. The fourth-order valence-electron chi connectivity index (χ4n) is 3.55. The molecule has 1 unspecified atom stereocenters. The molecule has 0 radical (unpaired) electrons. The number of halogens is 1. The highest BCUT2D eigenvalue weighted by Crippen LogP contribution is 2.32. The lowest BCUT2D eigenvalue weighted by molar-refractivity contribution is -0.139. The maximum Gasteiger partial charge on any atom is 0.326 e. The Balaban J connectivity index is 1.81. The van der Waals surface area contributed by atoms with Crippen LogP contribution in [0.15, 0.2) is 54.6 Å². The van der Waals surface area contributed by atoms with Crippen LogP contribution in [-0.2, 0) is 9.59 Å². The van der Waals surface area contributed by atoms with Crippen molar-refractivity contribution in [3.8, 4) is 11.3 Å². The third-order valence-electron chi connectivity index (χ3n) is 5.13. The smallest absolute Gasteiger partial charge is 0.326 e. The monoisotopic (exact) mass is 434 g/mol. The van der Waals surface area contributed by atoms with E-state index >= 15 is 0 Å². The van der Waals surface area contributed by atoms with Gasteiger partial charge in [-0.1, -0.05) is 18.2 Å². The molecule has 0 saturated heterocycles. The number of pyridine rings is 1. The number of aromatic amines is 1. The van der Waals surface area contributed by atoms with Gasteiger partial charge in [-0.3, -0.25) is 9.59 Å². The van der Waals surface area contributed by atoms with Crippen molar-refractivity contribution in [1.82, 2.24) is 15.3 Å². The number of nitrogens with two attached hydrogens (primary N) is 1. The fourth-order valence-corrected chi connectivity index (χ4v) is 3.55. The van der Waals surface area contributed by atoms with Gasteiger partial charge in [0.1, 0.15) is 17.6 Å². The predicted octanol–water partition coefficient (Wildman–Crippen LogP) is 2.97. The first kappa shape index (κ1) is 21.0. The number of hydrogen-bond acceptors (Lipinski definition) is 4. The summed E-state index contributed by atoms with van der Waals surface area (Å²) < 4.78 is 13.5. The van der Waals surface area contributed by atoms with Crippen LogP contribution in [0.25, 0.3) is 33.1 Å². The highest BCUT2D eigenvalue weighted by molar-refractivity contribution is 6.13. The van der Waals surface area contributed by atoms with Gasteiger partial charge in [-0.2, -0.15) is 0 Å². The minimum Gasteiger partial charge on any atom is -0.480 e. The molecule has 5 N–H and O–H groups in total. The van der Waals surface area contributed by atoms with Gasteiger partial charge in [0.25, 0.3) is 5.91 Å². The van der Waals surface area contributed by atoms with Crippen LogP contribution in [0.5, 0.6) is 0 Å². The molecule has 4 rings (SSSR count). The molecular weight excluding hydrogens is 415 g/mol. The highest BCUT2D eigenvalue weighted by atomic mass is 19.1. The molecular formula is C23H19FN4O4. The van der Waals surface area contributed by atoms with Gasteiger partial charge >= 0.3 is 5.97 Å². The van der Waals surface area contributed by atoms with Crippen LogP contribution in [0.1, 0.15) is 23.3 Å². The third kappa shape index (κ3) is 4.13. The number of fused-ring (bicyclic) bond motifs is 3. The van der Waals surface area contributed by atoms with Gasteiger partial charge in [0.2, 0.25) is 5.91 Å². The van der Waals surface area contributed by atoms with Crippen LogP contribution in [0.3, 0.4) is 0 Å². The van der Waals surface area contributed by atoms with E-state index < -0.39 is 29.6 Å². The summed E-state index contributed by atoms with van der Waals surface area (Å²) in [5.74, 6) is -3.07. The van der Waals surface area contributed by atoms with E-state index in [1.165, 1.54) is 12.1 Å². The van der Waals surface area contributed by atoms with Gasteiger partial charge in [-0.15, -0.1) is 0 Å². The second-order valence-electron chi connectivity index (χ2n) is 7.33. The summed E-state index contributed by atoms with van der Waals surface area (Å²) in [5.41, 5.74) is 7.59. The van der Waals surface area contributed by atoms with Crippen molar-refractivity contribution in [3.05, 3.63) is 66.1 Å². The number of carbonyl (C=O) groups excluding carboxylic acids is 2. The lowest BCUT2D eigenvalue weighted by atomic mass is 10.1. The predicted molar refractivity (Wildman–Crippen MR) is 116 cm³/mol. The number of nitrogens with zero attached hydrogens (tertiary/aromatic N) is 1. The Bertz CT molecular complexity index is 1350. The van der Waals surface area contributed by atoms with Crippen LogP contribution in [-0.4, -0.2) is 38.9 Å². The zero-order valence-corrected chi connectivity index (χ0v) is 16.8. The average molecular weight is 434 g/mol. The molecule has 8 nitrogen and oxygen atoms in total. The van der Waals surface area contributed by atoms with Crippen molar-refractivity contribution >= 4 is 39.6 Å². The Morgan fingerprint density at radius 3 is 2.50 bits per heavy atom. The third-order valence-corrected chi connectivity index (χ3v) is 5.13. The largest absolute Gasteiger partial charge is 0.480 e. The minimum absolute atomic E-state index is 0.00750. The van der Waals surface area contributed by atoms with Gasteiger partial charge in [-0.25, -0.2) is 14.2 Å². The Morgan fingerprint density at radius 1 is 1.09 bits per heavy atom. The molecule has 1 atom stereocenters. The van der Waals surface area contributed by atoms with E-state index in [1.54, 1.807) is 18.2 Å². The second-order valence-corrected chi connectivity index (χ2v) is 7.33. The molecule has 0 aliphatic heterocycles. The molecule has 2 aromatic heterocycles.